The van der Waals surface area contributed by atoms with Crippen molar-refractivity contribution in [3.8, 4) is 0 Å². The zero-order valence-corrected chi connectivity index (χ0v) is 12.6. The Morgan fingerprint density at radius 2 is 2.24 bits per heavy atom. The number of nitrogens with one attached hydrogen (secondary N) is 1. The average Bonchev–Trinajstić information content (AvgIpc) is 3.02. The van der Waals surface area contributed by atoms with Crippen LogP contribution in [0.25, 0.3) is 0 Å². The van der Waals surface area contributed by atoms with Crippen molar-refractivity contribution in [2.75, 3.05) is 18.1 Å². The molecule has 0 aromatic heterocycles. The molecule has 1 aromatic rings. The number of carbonyl (C=O) groups is 1. The zero-order chi connectivity index (χ0) is 15.0. The van der Waals surface area contributed by atoms with Crippen LogP contribution >= 0.6 is 11.6 Å². The number of rotatable bonds is 3. The molecular formula is C15H18ClFN2O2. The molecule has 0 unspecified atom stereocenters. The van der Waals surface area contributed by atoms with Gasteiger partial charge in [0, 0.05) is 24.9 Å². The third-order valence-corrected chi connectivity index (χ3v) is 4.50. The number of benzene rings is 1. The highest BCUT2D eigenvalue weighted by molar-refractivity contribution is 6.31. The lowest BCUT2D eigenvalue weighted by Crippen LogP contribution is -2.46. The first kappa shape index (κ1) is 14.8. The molecule has 0 spiro atoms. The van der Waals surface area contributed by atoms with E-state index < -0.39 is 5.82 Å². The largest absolute Gasteiger partial charge is 0.377 e. The van der Waals surface area contributed by atoms with Crippen molar-refractivity contribution >= 4 is 23.2 Å². The maximum absolute atomic E-state index is 13.2. The molecule has 0 saturated carbocycles. The third-order valence-electron chi connectivity index (χ3n) is 4.21. The van der Waals surface area contributed by atoms with Crippen LogP contribution in [0.4, 0.5) is 10.1 Å². The molecule has 4 nitrogen and oxygen atoms in total. The third kappa shape index (κ3) is 2.91. The average molecular weight is 313 g/mol. The molecule has 6 heteroatoms. The predicted molar refractivity (Wildman–Crippen MR) is 79.1 cm³/mol. The summed E-state index contributed by atoms with van der Waals surface area (Å²) < 4.78 is 18.7. The van der Waals surface area contributed by atoms with Crippen molar-refractivity contribution in [1.29, 1.82) is 0 Å². The van der Waals surface area contributed by atoms with Crippen molar-refractivity contribution in [1.82, 2.24) is 5.32 Å². The molecule has 0 radical (unpaired) electrons. The smallest absolute Gasteiger partial charge is 0.244 e. The molecule has 21 heavy (non-hydrogen) atoms. The van der Waals surface area contributed by atoms with E-state index in [0.29, 0.717) is 12.2 Å². The molecule has 1 N–H and O–H groups in total. The summed E-state index contributed by atoms with van der Waals surface area (Å²) in [5, 5.41) is 3.42. The highest BCUT2D eigenvalue weighted by Gasteiger charge is 2.36. The van der Waals surface area contributed by atoms with Crippen LogP contribution in [0.5, 0.6) is 0 Å². The molecule has 1 aromatic carbocycles. The number of carbonyl (C=O) groups excluding carboxylic acids is 1. The molecule has 0 bridgehead atoms. The normalized spacial score (nSPS) is 29.4. The van der Waals surface area contributed by atoms with Crippen molar-refractivity contribution in [2.24, 2.45) is 0 Å². The Bertz CT molecular complexity index is 554. The maximum Gasteiger partial charge on any atom is 0.244 e. The summed E-state index contributed by atoms with van der Waals surface area (Å²) in [6, 6.07) is 4.39. The van der Waals surface area contributed by atoms with Crippen molar-refractivity contribution in [3.05, 3.63) is 29.0 Å². The lowest BCUT2D eigenvalue weighted by atomic mass is 10.1. The van der Waals surface area contributed by atoms with Gasteiger partial charge in [0.25, 0.3) is 0 Å². The Morgan fingerprint density at radius 1 is 1.43 bits per heavy atom. The van der Waals surface area contributed by atoms with E-state index in [1.807, 2.05) is 6.92 Å². The van der Waals surface area contributed by atoms with Gasteiger partial charge in [-0.05, 0) is 38.0 Å². The summed E-state index contributed by atoms with van der Waals surface area (Å²) in [6.45, 7) is 3.36. The van der Waals surface area contributed by atoms with E-state index in [0.717, 1.165) is 19.4 Å². The predicted octanol–water partition coefficient (Wildman–Crippen LogP) is 2.35. The Balaban J connectivity index is 1.69. The number of hydrogen-bond donors (Lipinski definition) is 1. The van der Waals surface area contributed by atoms with Crippen molar-refractivity contribution < 1.29 is 13.9 Å². The molecule has 2 heterocycles. The summed E-state index contributed by atoms with van der Waals surface area (Å²) in [6.07, 6.45) is 1.79. The Morgan fingerprint density at radius 3 is 2.90 bits per heavy atom. The van der Waals surface area contributed by atoms with E-state index in [1.165, 1.54) is 12.1 Å². The fraction of sp³-hybridized carbons (Fsp3) is 0.533. The summed E-state index contributed by atoms with van der Waals surface area (Å²) in [4.78, 5) is 14.1. The molecule has 2 aliphatic rings. The molecule has 1 amide bonds. The number of hydrogen-bond acceptors (Lipinski definition) is 3. The second-order valence-corrected chi connectivity index (χ2v) is 5.97. The van der Waals surface area contributed by atoms with Crippen molar-refractivity contribution in [2.45, 2.75) is 38.0 Å². The first-order valence-corrected chi connectivity index (χ1v) is 7.58. The fourth-order valence-electron chi connectivity index (χ4n) is 2.95. The van der Waals surface area contributed by atoms with Gasteiger partial charge in [0.15, 0.2) is 0 Å². The van der Waals surface area contributed by atoms with Crippen LogP contribution in [0, 0.1) is 5.82 Å². The molecule has 3 rings (SSSR count). The summed E-state index contributed by atoms with van der Waals surface area (Å²) in [5.41, 5.74) is 0.645. The zero-order valence-electron chi connectivity index (χ0n) is 11.8. The van der Waals surface area contributed by atoms with E-state index >= 15 is 0 Å². The molecule has 2 fully saturated rings. The van der Waals surface area contributed by atoms with Crippen LogP contribution < -0.4 is 10.2 Å². The van der Waals surface area contributed by atoms with Crippen LogP contribution in [-0.4, -0.2) is 37.2 Å². The molecular weight excluding hydrogens is 295 g/mol. The molecule has 2 saturated heterocycles. The lowest BCUT2D eigenvalue weighted by Gasteiger charge is -2.21. The van der Waals surface area contributed by atoms with Gasteiger partial charge in [-0.1, -0.05) is 11.6 Å². The number of anilines is 1. The second kappa shape index (κ2) is 5.91. The minimum absolute atomic E-state index is 0.0109. The number of nitrogens with zero attached hydrogens (tertiary/aromatic N) is 1. The highest BCUT2D eigenvalue weighted by Crippen LogP contribution is 2.27. The Hall–Kier alpha value is -1.17. The SMILES string of the molecule is C[C@@H]1OCC[C@H]1N[C@H]1CCN(c2ccc(F)c(Cl)c2)C1=O. The van der Waals surface area contributed by atoms with Gasteiger partial charge in [0.2, 0.25) is 5.91 Å². The van der Waals surface area contributed by atoms with E-state index in [1.54, 1.807) is 11.0 Å². The quantitative estimate of drug-likeness (QED) is 0.931. The number of ether oxygens (including phenoxy) is 1. The van der Waals surface area contributed by atoms with Crippen LogP contribution in [0.15, 0.2) is 18.2 Å². The summed E-state index contributed by atoms with van der Waals surface area (Å²) in [5.74, 6) is -0.463. The summed E-state index contributed by atoms with van der Waals surface area (Å²) in [7, 11) is 0. The maximum atomic E-state index is 13.2. The van der Waals surface area contributed by atoms with E-state index in [4.69, 9.17) is 16.3 Å². The minimum Gasteiger partial charge on any atom is -0.377 e. The van der Waals surface area contributed by atoms with Crippen LogP contribution in [0.3, 0.4) is 0 Å². The van der Waals surface area contributed by atoms with Gasteiger partial charge in [-0.25, -0.2) is 4.39 Å². The number of halogens is 2. The first-order valence-electron chi connectivity index (χ1n) is 7.20. The lowest BCUT2D eigenvalue weighted by molar-refractivity contribution is -0.119. The van der Waals surface area contributed by atoms with E-state index in [-0.39, 0.29) is 29.1 Å². The fourth-order valence-corrected chi connectivity index (χ4v) is 3.13. The molecule has 0 aliphatic carbocycles. The van der Waals surface area contributed by atoms with Crippen LogP contribution in [0.2, 0.25) is 5.02 Å². The summed E-state index contributed by atoms with van der Waals surface area (Å²) >= 11 is 5.79. The Labute approximate surface area is 128 Å². The van der Waals surface area contributed by atoms with Gasteiger partial charge >= 0.3 is 0 Å². The van der Waals surface area contributed by atoms with Gasteiger partial charge in [0.1, 0.15) is 5.82 Å². The van der Waals surface area contributed by atoms with Crippen LogP contribution in [0.1, 0.15) is 19.8 Å². The van der Waals surface area contributed by atoms with Gasteiger partial charge in [-0.15, -0.1) is 0 Å². The second-order valence-electron chi connectivity index (χ2n) is 5.57. The standard InChI is InChI=1S/C15H18ClFN2O2/c1-9-13(5-7-21-9)18-14-4-6-19(15(14)20)10-2-3-12(17)11(16)8-10/h2-3,8-9,13-14,18H,4-7H2,1H3/t9-,13+,14-/m0/s1. The topological polar surface area (TPSA) is 41.6 Å². The highest BCUT2D eigenvalue weighted by atomic mass is 35.5. The molecule has 2 aliphatic heterocycles. The van der Waals surface area contributed by atoms with Gasteiger partial charge < -0.3 is 15.0 Å². The van der Waals surface area contributed by atoms with E-state index in [9.17, 15) is 9.18 Å². The first-order chi connectivity index (χ1) is 10.1. The van der Waals surface area contributed by atoms with E-state index in [2.05, 4.69) is 5.32 Å². The molecule has 3 atom stereocenters. The van der Waals surface area contributed by atoms with Gasteiger partial charge in [-0.2, -0.15) is 0 Å². The van der Waals surface area contributed by atoms with Gasteiger partial charge in [-0.3, -0.25) is 4.79 Å². The minimum atomic E-state index is -0.473. The van der Waals surface area contributed by atoms with Gasteiger partial charge in [0.05, 0.1) is 17.2 Å². The van der Waals surface area contributed by atoms with Crippen molar-refractivity contribution in [3.63, 3.8) is 0 Å². The monoisotopic (exact) mass is 312 g/mol. The Kier molecular flexibility index (Phi) is 4.15. The van der Waals surface area contributed by atoms with Crippen LogP contribution in [-0.2, 0) is 9.53 Å². The number of amides is 1. The molecule has 114 valence electrons.